The first-order valence-corrected chi connectivity index (χ1v) is 13.5. The van der Waals surface area contributed by atoms with Crippen LogP contribution in [-0.4, -0.2) is 48.5 Å². The molecule has 2 aliphatic carbocycles. The van der Waals surface area contributed by atoms with Crippen LogP contribution in [0.5, 0.6) is 0 Å². The van der Waals surface area contributed by atoms with Crippen LogP contribution in [-0.2, 0) is 31.1 Å². The van der Waals surface area contributed by atoms with Gasteiger partial charge in [-0.2, -0.15) is 0 Å². The number of anilines is 2. The number of nitrogens with one attached hydrogen (secondary N) is 1. The smallest absolute Gasteiger partial charge is 0.315 e. The van der Waals surface area contributed by atoms with Gasteiger partial charge in [0.2, 0.25) is 11.8 Å². The molecule has 9 heteroatoms. The van der Waals surface area contributed by atoms with Crippen LogP contribution >= 0.6 is 0 Å². The molecule has 0 aromatic heterocycles. The second kappa shape index (κ2) is 9.79. The summed E-state index contributed by atoms with van der Waals surface area (Å²) in [7, 11) is 0. The molecule has 4 N–H and O–H groups in total. The third kappa shape index (κ3) is 4.48. The molecule has 39 heavy (non-hydrogen) atoms. The molecule has 1 aliphatic heterocycles. The number of hydrogen-bond donors (Lipinski definition) is 3. The van der Waals surface area contributed by atoms with Gasteiger partial charge in [0.1, 0.15) is 5.84 Å². The zero-order chi connectivity index (χ0) is 28.0. The average molecular weight is 533 g/mol. The molecule has 206 valence electrons. The van der Waals surface area contributed by atoms with Crippen molar-refractivity contribution in [2.24, 2.45) is 21.6 Å². The third-order valence-electron chi connectivity index (χ3n) is 8.55. The molecule has 0 bridgehead atoms. The Kier molecular flexibility index (Phi) is 6.74. The van der Waals surface area contributed by atoms with E-state index in [9.17, 15) is 19.5 Å². The van der Waals surface area contributed by atoms with E-state index in [0.717, 1.165) is 11.1 Å². The van der Waals surface area contributed by atoms with E-state index in [2.05, 4.69) is 10.3 Å². The van der Waals surface area contributed by atoms with Crippen LogP contribution in [0.1, 0.15) is 63.1 Å². The summed E-state index contributed by atoms with van der Waals surface area (Å²) in [5.41, 5.74) is 7.21. The van der Waals surface area contributed by atoms with Crippen molar-refractivity contribution < 1.29 is 24.2 Å². The van der Waals surface area contributed by atoms with Crippen molar-refractivity contribution in [3.63, 3.8) is 0 Å². The van der Waals surface area contributed by atoms with Gasteiger partial charge >= 0.3 is 5.97 Å². The molecule has 0 radical (unpaired) electrons. The summed E-state index contributed by atoms with van der Waals surface area (Å²) in [6, 6.07) is 12.8. The summed E-state index contributed by atoms with van der Waals surface area (Å²) in [5.74, 6) is -0.162. The second-order valence-corrected chi connectivity index (χ2v) is 11.3. The monoisotopic (exact) mass is 532 g/mol. The van der Waals surface area contributed by atoms with E-state index < -0.39 is 16.2 Å². The highest BCUT2D eigenvalue weighted by molar-refractivity contribution is 6.08. The molecule has 0 saturated heterocycles. The van der Waals surface area contributed by atoms with Crippen molar-refractivity contribution in [1.82, 2.24) is 0 Å². The summed E-state index contributed by atoms with van der Waals surface area (Å²) in [6.45, 7) is 5.96. The normalized spacial score (nSPS) is 18.0. The lowest BCUT2D eigenvalue weighted by Gasteiger charge is -2.32. The number of nitrogens with zero attached hydrogens (tertiary/aromatic N) is 2. The zero-order valence-corrected chi connectivity index (χ0v) is 22.8. The Morgan fingerprint density at radius 1 is 1.10 bits per heavy atom. The predicted octanol–water partition coefficient (Wildman–Crippen LogP) is 3.27. The van der Waals surface area contributed by atoms with Crippen LogP contribution in [0.15, 0.2) is 47.5 Å². The SMILES string of the molecule is CCOC(=O)C(C)(C)c1cccc(N(CCO)C(=O)C2(C3(C(=O)Nc4ccc5c(c4)CN=C5N)CC3)CC2)c1. The van der Waals surface area contributed by atoms with Crippen molar-refractivity contribution in [1.29, 1.82) is 0 Å². The molecule has 0 unspecified atom stereocenters. The summed E-state index contributed by atoms with van der Waals surface area (Å²) >= 11 is 0. The number of hydrogen-bond acceptors (Lipinski definition) is 7. The standard InChI is InChI=1S/C30H36N4O5/c1-4-39-27(38)28(2,3)20-6-5-7-22(17-20)34(14-15-35)26(37)30(12-13-30)29(10-11-29)25(36)33-21-8-9-23-19(16-21)18-32-24(23)31/h5-9,16-17,35H,4,10-15,18H2,1-3H3,(H2,31,32)(H,33,36). The summed E-state index contributed by atoms with van der Waals surface area (Å²) in [4.78, 5) is 46.3. The average Bonchev–Trinajstić information content (AvgIpc) is 3.84. The van der Waals surface area contributed by atoms with E-state index in [0.29, 0.717) is 55.0 Å². The first kappa shape index (κ1) is 26.9. The Balaban J connectivity index is 1.39. The highest BCUT2D eigenvalue weighted by Gasteiger charge is 2.73. The van der Waals surface area contributed by atoms with Crippen molar-refractivity contribution in [3.8, 4) is 0 Å². The molecule has 0 atom stereocenters. The number of nitrogens with two attached hydrogens (primary N) is 1. The summed E-state index contributed by atoms with van der Waals surface area (Å²) in [5, 5.41) is 12.9. The number of amides is 2. The largest absolute Gasteiger partial charge is 0.465 e. The minimum absolute atomic E-state index is 0.0911. The Morgan fingerprint density at radius 3 is 2.46 bits per heavy atom. The Hall–Kier alpha value is -3.72. The number of benzene rings is 2. The Bertz CT molecular complexity index is 1360. The van der Waals surface area contributed by atoms with E-state index >= 15 is 0 Å². The number of rotatable bonds is 10. The molecule has 2 fully saturated rings. The maximum atomic E-state index is 14.2. The molecule has 2 aromatic carbocycles. The third-order valence-corrected chi connectivity index (χ3v) is 8.55. The number of amidine groups is 1. The van der Waals surface area contributed by atoms with E-state index in [-0.39, 0.29) is 37.5 Å². The van der Waals surface area contributed by atoms with E-state index in [4.69, 9.17) is 10.5 Å². The van der Waals surface area contributed by atoms with Crippen molar-refractivity contribution in [3.05, 3.63) is 59.2 Å². The second-order valence-electron chi connectivity index (χ2n) is 11.3. The number of carbonyl (C=O) groups excluding carboxylic acids is 3. The van der Waals surface area contributed by atoms with Crippen LogP contribution in [0.3, 0.4) is 0 Å². The van der Waals surface area contributed by atoms with Crippen LogP contribution in [0.2, 0.25) is 0 Å². The number of fused-ring (bicyclic) bond motifs is 1. The number of ether oxygens (including phenoxy) is 1. The molecule has 0 spiro atoms. The van der Waals surface area contributed by atoms with Gasteiger partial charge in [-0.3, -0.25) is 19.4 Å². The quantitative estimate of drug-likeness (QED) is 0.402. The minimum Gasteiger partial charge on any atom is -0.465 e. The maximum absolute atomic E-state index is 14.2. The fourth-order valence-corrected chi connectivity index (χ4v) is 5.83. The van der Waals surface area contributed by atoms with E-state index in [1.165, 1.54) is 0 Å². The van der Waals surface area contributed by atoms with Crippen molar-refractivity contribution in [2.75, 3.05) is 30.0 Å². The number of esters is 1. The predicted molar refractivity (Wildman–Crippen MR) is 148 cm³/mol. The lowest BCUT2D eigenvalue weighted by atomic mass is 9.82. The Morgan fingerprint density at radius 2 is 1.82 bits per heavy atom. The maximum Gasteiger partial charge on any atom is 0.315 e. The van der Waals surface area contributed by atoms with Gasteiger partial charge in [0.25, 0.3) is 0 Å². The highest BCUT2D eigenvalue weighted by Crippen LogP contribution is 2.71. The first-order valence-electron chi connectivity index (χ1n) is 13.5. The lowest BCUT2D eigenvalue weighted by molar-refractivity contribution is -0.148. The van der Waals surface area contributed by atoms with Crippen LogP contribution < -0.4 is 16.0 Å². The number of carbonyl (C=O) groups is 3. The van der Waals surface area contributed by atoms with Gasteiger partial charge < -0.3 is 25.8 Å². The molecule has 2 saturated carbocycles. The fourth-order valence-electron chi connectivity index (χ4n) is 5.83. The topological polar surface area (TPSA) is 134 Å². The van der Waals surface area contributed by atoms with Crippen molar-refractivity contribution in [2.45, 2.75) is 58.4 Å². The molecule has 5 rings (SSSR count). The zero-order valence-electron chi connectivity index (χ0n) is 22.8. The van der Waals surface area contributed by atoms with E-state index in [1.54, 1.807) is 43.9 Å². The van der Waals surface area contributed by atoms with Crippen LogP contribution in [0.25, 0.3) is 0 Å². The summed E-state index contributed by atoms with van der Waals surface area (Å²) in [6.07, 6.45) is 2.50. The van der Waals surface area contributed by atoms with Crippen molar-refractivity contribution >= 4 is 35.0 Å². The number of aliphatic hydroxyl groups is 1. The number of aliphatic hydroxyl groups excluding tert-OH is 1. The first-order chi connectivity index (χ1) is 18.6. The van der Waals surface area contributed by atoms with Gasteiger partial charge in [-0.15, -0.1) is 0 Å². The Labute approximate surface area is 228 Å². The highest BCUT2D eigenvalue weighted by atomic mass is 16.5. The van der Waals surface area contributed by atoms with Gasteiger partial charge in [-0.1, -0.05) is 12.1 Å². The molecule has 3 aliphatic rings. The van der Waals surface area contributed by atoms with Gasteiger partial charge in [-0.05, 0) is 87.9 Å². The molecular weight excluding hydrogens is 496 g/mol. The van der Waals surface area contributed by atoms with Crippen LogP contribution in [0, 0.1) is 10.8 Å². The molecule has 2 aromatic rings. The molecule has 2 amide bonds. The lowest BCUT2D eigenvalue weighted by Crippen LogP contribution is -2.46. The van der Waals surface area contributed by atoms with Gasteiger partial charge in [-0.25, -0.2) is 0 Å². The molecule has 1 heterocycles. The van der Waals surface area contributed by atoms with Gasteiger partial charge in [0, 0.05) is 23.5 Å². The molecular formula is C30H36N4O5. The fraction of sp³-hybridized carbons (Fsp3) is 0.467. The van der Waals surface area contributed by atoms with Gasteiger partial charge in [0.05, 0.1) is 36.0 Å². The number of aliphatic imine (C=N–C) groups is 1. The van der Waals surface area contributed by atoms with Crippen LogP contribution in [0.4, 0.5) is 11.4 Å². The van der Waals surface area contributed by atoms with E-state index in [1.807, 2.05) is 24.3 Å². The minimum atomic E-state index is -0.916. The summed E-state index contributed by atoms with van der Waals surface area (Å²) < 4.78 is 5.26. The van der Waals surface area contributed by atoms with Gasteiger partial charge in [0.15, 0.2) is 0 Å². The molecule has 9 nitrogen and oxygen atoms in total.